The average molecular weight is 279 g/mol. The SMILES string of the molecule is COCc1cccc(OCC(NC2CC2)C(=O)OC)c1. The number of nitrogens with one attached hydrogen (secondary N) is 1. The average Bonchev–Trinajstić information content (AvgIpc) is 3.27. The first-order valence-electron chi connectivity index (χ1n) is 6.77. The lowest BCUT2D eigenvalue weighted by Crippen LogP contribution is -2.43. The third-order valence-electron chi connectivity index (χ3n) is 3.13. The maximum Gasteiger partial charge on any atom is 0.326 e. The van der Waals surface area contributed by atoms with Crippen LogP contribution >= 0.6 is 0 Å². The van der Waals surface area contributed by atoms with E-state index in [0.717, 1.165) is 24.2 Å². The van der Waals surface area contributed by atoms with E-state index in [-0.39, 0.29) is 12.6 Å². The molecule has 5 heteroatoms. The van der Waals surface area contributed by atoms with E-state index < -0.39 is 6.04 Å². The molecule has 5 nitrogen and oxygen atoms in total. The first-order chi connectivity index (χ1) is 9.72. The Morgan fingerprint density at radius 3 is 2.85 bits per heavy atom. The lowest BCUT2D eigenvalue weighted by molar-refractivity contribution is -0.144. The molecule has 1 N–H and O–H groups in total. The number of ether oxygens (including phenoxy) is 3. The van der Waals surface area contributed by atoms with Gasteiger partial charge in [0.05, 0.1) is 13.7 Å². The van der Waals surface area contributed by atoms with Gasteiger partial charge in [-0.3, -0.25) is 10.1 Å². The maximum atomic E-state index is 11.7. The van der Waals surface area contributed by atoms with Crippen molar-refractivity contribution in [1.29, 1.82) is 0 Å². The zero-order chi connectivity index (χ0) is 14.4. The number of carbonyl (C=O) groups is 1. The molecule has 0 spiro atoms. The molecule has 0 heterocycles. The molecule has 0 saturated heterocycles. The van der Waals surface area contributed by atoms with Crippen molar-refractivity contribution in [2.24, 2.45) is 0 Å². The number of esters is 1. The van der Waals surface area contributed by atoms with E-state index in [4.69, 9.17) is 14.2 Å². The molecule has 1 saturated carbocycles. The highest BCUT2D eigenvalue weighted by Gasteiger charge is 2.29. The van der Waals surface area contributed by atoms with Gasteiger partial charge in [-0.1, -0.05) is 12.1 Å². The van der Waals surface area contributed by atoms with Crippen molar-refractivity contribution in [2.75, 3.05) is 20.8 Å². The van der Waals surface area contributed by atoms with Crippen LogP contribution in [0.4, 0.5) is 0 Å². The molecule has 20 heavy (non-hydrogen) atoms. The normalized spacial score (nSPS) is 15.7. The van der Waals surface area contributed by atoms with Gasteiger partial charge in [-0.25, -0.2) is 0 Å². The molecular weight excluding hydrogens is 258 g/mol. The molecule has 1 fully saturated rings. The Morgan fingerprint density at radius 2 is 2.20 bits per heavy atom. The monoisotopic (exact) mass is 279 g/mol. The molecule has 1 aromatic carbocycles. The summed E-state index contributed by atoms with van der Waals surface area (Å²) >= 11 is 0. The minimum atomic E-state index is -0.418. The summed E-state index contributed by atoms with van der Waals surface area (Å²) in [6.45, 7) is 0.803. The molecule has 0 aromatic heterocycles. The molecule has 1 aromatic rings. The van der Waals surface area contributed by atoms with E-state index in [1.54, 1.807) is 7.11 Å². The Kier molecular flexibility index (Phi) is 5.38. The molecule has 0 radical (unpaired) electrons. The lowest BCUT2D eigenvalue weighted by Gasteiger charge is -2.17. The maximum absolute atomic E-state index is 11.7. The Bertz CT molecular complexity index is 445. The van der Waals surface area contributed by atoms with Crippen molar-refractivity contribution >= 4 is 5.97 Å². The summed E-state index contributed by atoms with van der Waals surface area (Å²) in [5.41, 5.74) is 1.04. The Morgan fingerprint density at radius 1 is 1.40 bits per heavy atom. The van der Waals surface area contributed by atoms with Crippen LogP contribution in [0.15, 0.2) is 24.3 Å². The second kappa shape index (κ2) is 7.26. The summed E-state index contributed by atoms with van der Waals surface area (Å²) in [5, 5.41) is 3.23. The minimum Gasteiger partial charge on any atom is -0.491 e. The Labute approximate surface area is 119 Å². The summed E-state index contributed by atoms with van der Waals surface area (Å²) < 4.78 is 15.6. The van der Waals surface area contributed by atoms with Crippen molar-refractivity contribution in [3.8, 4) is 5.75 Å². The molecule has 1 atom stereocenters. The van der Waals surface area contributed by atoms with Gasteiger partial charge in [-0.15, -0.1) is 0 Å². The van der Waals surface area contributed by atoms with E-state index in [1.165, 1.54) is 7.11 Å². The number of hydrogen-bond acceptors (Lipinski definition) is 5. The lowest BCUT2D eigenvalue weighted by atomic mass is 10.2. The zero-order valence-electron chi connectivity index (χ0n) is 11.9. The van der Waals surface area contributed by atoms with Gasteiger partial charge in [0.1, 0.15) is 18.4 Å². The fraction of sp³-hybridized carbons (Fsp3) is 0.533. The van der Waals surface area contributed by atoms with E-state index in [9.17, 15) is 4.79 Å². The fourth-order valence-corrected chi connectivity index (χ4v) is 1.93. The van der Waals surface area contributed by atoms with E-state index in [0.29, 0.717) is 12.6 Å². The third-order valence-corrected chi connectivity index (χ3v) is 3.13. The molecule has 0 amide bonds. The second-order valence-electron chi connectivity index (χ2n) is 4.91. The number of hydrogen-bond donors (Lipinski definition) is 1. The van der Waals surface area contributed by atoms with Gasteiger partial charge in [0.15, 0.2) is 0 Å². The Balaban J connectivity index is 1.90. The highest BCUT2D eigenvalue weighted by atomic mass is 16.5. The van der Waals surface area contributed by atoms with Crippen LogP contribution in [0.3, 0.4) is 0 Å². The van der Waals surface area contributed by atoms with Crippen LogP contribution in [0.25, 0.3) is 0 Å². The standard InChI is InChI=1S/C15H21NO4/c1-18-9-11-4-3-5-13(8-11)20-10-14(15(17)19-2)16-12-6-7-12/h3-5,8,12,14,16H,6-7,9-10H2,1-2H3. The largest absolute Gasteiger partial charge is 0.491 e. The first-order valence-corrected chi connectivity index (χ1v) is 6.77. The predicted molar refractivity (Wildman–Crippen MR) is 74.6 cm³/mol. The van der Waals surface area contributed by atoms with Gasteiger partial charge in [0.25, 0.3) is 0 Å². The molecule has 0 aliphatic heterocycles. The number of carbonyl (C=O) groups excluding carboxylic acids is 1. The van der Waals surface area contributed by atoms with Gasteiger partial charge in [0.2, 0.25) is 0 Å². The van der Waals surface area contributed by atoms with E-state index >= 15 is 0 Å². The van der Waals surface area contributed by atoms with Crippen LogP contribution in [-0.2, 0) is 20.9 Å². The van der Waals surface area contributed by atoms with Crippen LogP contribution in [-0.4, -0.2) is 38.9 Å². The molecule has 1 aliphatic rings. The van der Waals surface area contributed by atoms with Crippen molar-refractivity contribution in [1.82, 2.24) is 5.32 Å². The van der Waals surface area contributed by atoms with Gasteiger partial charge >= 0.3 is 5.97 Å². The van der Waals surface area contributed by atoms with E-state index in [2.05, 4.69) is 5.32 Å². The summed E-state index contributed by atoms with van der Waals surface area (Å²) in [7, 11) is 3.05. The summed E-state index contributed by atoms with van der Waals surface area (Å²) in [6, 6.07) is 7.66. The van der Waals surface area contributed by atoms with Crippen LogP contribution in [0.5, 0.6) is 5.75 Å². The fourth-order valence-electron chi connectivity index (χ4n) is 1.93. The van der Waals surface area contributed by atoms with Gasteiger partial charge in [-0.2, -0.15) is 0 Å². The highest BCUT2D eigenvalue weighted by molar-refractivity contribution is 5.75. The summed E-state index contributed by atoms with van der Waals surface area (Å²) in [5.74, 6) is 0.441. The van der Waals surface area contributed by atoms with Crippen molar-refractivity contribution < 1.29 is 19.0 Å². The molecular formula is C15H21NO4. The highest BCUT2D eigenvalue weighted by Crippen LogP contribution is 2.20. The predicted octanol–water partition coefficient (Wildman–Crippen LogP) is 1.51. The molecule has 1 unspecified atom stereocenters. The Hall–Kier alpha value is -1.59. The topological polar surface area (TPSA) is 56.8 Å². The van der Waals surface area contributed by atoms with Gasteiger partial charge in [0, 0.05) is 13.2 Å². The van der Waals surface area contributed by atoms with Gasteiger partial charge in [-0.05, 0) is 30.5 Å². The minimum absolute atomic E-state index is 0.264. The smallest absolute Gasteiger partial charge is 0.326 e. The number of methoxy groups -OCH3 is 2. The number of rotatable bonds is 8. The molecule has 1 aliphatic carbocycles. The summed E-state index contributed by atoms with van der Waals surface area (Å²) in [4.78, 5) is 11.7. The van der Waals surface area contributed by atoms with Crippen LogP contribution in [0.2, 0.25) is 0 Å². The van der Waals surface area contributed by atoms with Crippen LogP contribution < -0.4 is 10.1 Å². The molecule has 110 valence electrons. The van der Waals surface area contributed by atoms with Crippen LogP contribution in [0.1, 0.15) is 18.4 Å². The zero-order valence-corrected chi connectivity index (χ0v) is 11.9. The second-order valence-corrected chi connectivity index (χ2v) is 4.91. The van der Waals surface area contributed by atoms with Crippen LogP contribution in [0, 0.1) is 0 Å². The third kappa shape index (κ3) is 4.51. The molecule has 2 rings (SSSR count). The van der Waals surface area contributed by atoms with E-state index in [1.807, 2.05) is 24.3 Å². The van der Waals surface area contributed by atoms with Crippen molar-refractivity contribution in [3.63, 3.8) is 0 Å². The van der Waals surface area contributed by atoms with Crippen molar-refractivity contribution in [2.45, 2.75) is 31.5 Å². The van der Waals surface area contributed by atoms with Crippen molar-refractivity contribution in [3.05, 3.63) is 29.8 Å². The quantitative estimate of drug-likeness (QED) is 0.731. The molecule has 0 bridgehead atoms. The number of benzene rings is 1. The summed E-state index contributed by atoms with van der Waals surface area (Å²) in [6.07, 6.45) is 2.22. The first kappa shape index (κ1) is 14.8. The van der Waals surface area contributed by atoms with Gasteiger partial charge < -0.3 is 14.2 Å².